The van der Waals surface area contributed by atoms with Crippen molar-refractivity contribution in [3.05, 3.63) is 28.3 Å². The van der Waals surface area contributed by atoms with Crippen molar-refractivity contribution in [2.24, 2.45) is 5.41 Å². The number of oxazole rings is 1. The third-order valence-corrected chi connectivity index (χ3v) is 5.20. The summed E-state index contributed by atoms with van der Waals surface area (Å²) in [4.78, 5) is 28.2. The van der Waals surface area contributed by atoms with Crippen LogP contribution in [0.25, 0.3) is 11.5 Å². The summed E-state index contributed by atoms with van der Waals surface area (Å²) in [6.45, 7) is 2.66. The molecule has 1 amide bonds. The van der Waals surface area contributed by atoms with Gasteiger partial charge in [-0.2, -0.15) is 11.3 Å². The highest BCUT2D eigenvalue weighted by Crippen LogP contribution is 2.30. The number of aryl methyl sites for hydroxylation is 1. The Morgan fingerprint density at radius 2 is 2.16 bits per heavy atom. The quantitative estimate of drug-likeness (QED) is 0.815. The molecule has 0 unspecified atom stereocenters. The predicted molar refractivity (Wildman–Crippen MR) is 91.4 cm³/mol. The second-order valence-corrected chi connectivity index (χ2v) is 6.97. The first kappa shape index (κ1) is 17.6. The van der Waals surface area contributed by atoms with E-state index in [9.17, 15) is 14.7 Å². The largest absolute Gasteiger partial charge is 0.481 e. The van der Waals surface area contributed by atoms with E-state index in [1.807, 2.05) is 16.8 Å². The molecule has 1 aliphatic heterocycles. The maximum absolute atomic E-state index is 12.3. The highest BCUT2D eigenvalue weighted by atomic mass is 32.1. The Bertz CT molecular complexity index is 747. The van der Waals surface area contributed by atoms with Gasteiger partial charge in [-0.1, -0.05) is 0 Å². The lowest BCUT2D eigenvalue weighted by Crippen LogP contribution is -2.46. The number of carbonyl (C=O) groups is 2. The van der Waals surface area contributed by atoms with Crippen LogP contribution in [0.15, 0.2) is 21.2 Å². The fourth-order valence-electron chi connectivity index (χ4n) is 2.81. The number of ether oxygens (including phenoxy) is 1. The van der Waals surface area contributed by atoms with Crippen molar-refractivity contribution in [2.45, 2.75) is 26.2 Å². The molecule has 0 atom stereocenters. The number of carbonyl (C=O) groups excluding carboxylic acids is 1. The summed E-state index contributed by atoms with van der Waals surface area (Å²) < 4.78 is 10.9. The van der Waals surface area contributed by atoms with Gasteiger partial charge in [0.25, 0.3) is 0 Å². The molecule has 7 nitrogen and oxygen atoms in total. The Hall–Kier alpha value is -2.19. The average molecular weight is 364 g/mol. The summed E-state index contributed by atoms with van der Waals surface area (Å²) in [5, 5.41) is 16.1. The fourth-order valence-corrected chi connectivity index (χ4v) is 3.44. The van der Waals surface area contributed by atoms with Gasteiger partial charge in [-0.15, -0.1) is 0 Å². The van der Waals surface area contributed by atoms with Gasteiger partial charge in [0, 0.05) is 30.7 Å². The van der Waals surface area contributed by atoms with Crippen LogP contribution < -0.4 is 5.32 Å². The molecule has 0 saturated carbocycles. The van der Waals surface area contributed by atoms with Gasteiger partial charge in [0.2, 0.25) is 11.8 Å². The van der Waals surface area contributed by atoms with Crippen molar-refractivity contribution in [3.8, 4) is 11.5 Å². The zero-order valence-electron chi connectivity index (χ0n) is 13.9. The van der Waals surface area contributed by atoms with E-state index in [0.717, 1.165) is 5.56 Å². The first-order valence-corrected chi connectivity index (χ1v) is 9.01. The minimum Gasteiger partial charge on any atom is -0.481 e. The van der Waals surface area contributed by atoms with Gasteiger partial charge in [-0.3, -0.25) is 9.59 Å². The van der Waals surface area contributed by atoms with Crippen molar-refractivity contribution in [3.63, 3.8) is 0 Å². The molecule has 1 saturated heterocycles. The molecule has 3 heterocycles. The van der Waals surface area contributed by atoms with Crippen molar-refractivity contribution >= 4 is 23.2 Å². The van der Waals surface area contributed by atoms with E-state index >= 15 is 0 Å². The van der Waals surface area contributed by atoms with Crippen LogP contribution in [0, 0.1) is 12.3 Å². The van der Waals surface area contributed by atoms with Gasteiger partial charge in [0.05, 0.1) is 17.5 Å². The maximum Gasteiger partial charge on any atom is 0.311 e. The molecule has 2 N–H and O–H groups in total. The molecule has 0 aromatic carbocycles. The summed E-state index contributed by atoms with van der Waals surface area (Å²) in [5.74, 6) is -0.0720. The van der Waals surface area contributed by atoms with Crippen LogP contribution in [0.4, 0.5) is 0 Å². The van der Waals surface area contributed by atoms with Gasteiger partial charge in [-0.05, 0) is 31.2 Å². The van der Waals surface area contributed by atoms with Gasteiger partial charge < -0.3 is 19.6 Å². The van der Waals surface area contributed by atoms with Crippen LogP contribution in [0.5, 0.6) is 0 Å². The summed E-state index contributed by atoms with van der Waals surface area (Å²) in [7, 11) is 0. The highest BCUT2D eigenvalue weighted by molar-refractivity contribution is 7.08. The Balaban J connectivity index is 1.62. The number of carboxylic acids is 1. The van der Waals surface area contributed by atoms with Crippen molar-refractivity contribution in [1.82, 2.24) is 10.3 Å². The minimum absolute atomic E-state index is 0.0612. The molecular weight excluding hydrogens is 344 g/mol. The number of hydrogen-bond donors (Lipinski definition) is 2. The minimum atomic E-state index is -0.950. The predicted octanol–water partition coefficient (Wildman–Crippen LogP) is 2.25. The molecule has 2 aromatic rings. The van der Waals surface area contributed by atoms with E-state index in [2.05, 4.69) is 10.3 Å². The van der Waals surface area contributed by atoms with E-state index in [1.54, 1.807) is 18.3 Å². The van der Waals surface area contributed by atoms with Gasteiger partial charge in [0.15, 0.2) is 0 Å². The second-order valence-electron chi connectivity index (χ2n) is 6.19. The van der Waals surface area contributed by atoms with Gasteiger partial charge >= 0.3 is 5.97 Å². The molecule has 0 radical (unpaired) electrons. The number of aromatic nitrogens is 1. The van der Waals surface area contributed by atoms with Crippen molar-refractivity contribution in [2.75, 3.05) is 19.8 Å². The third-order valence-electron chi connectivity index (χ3n) is 4.52. The number of thiophene rings is 1. The molecule has 0 aliphatic carbocycles. The number of hydrogen-bond acceptors (Lipinski definition) is 6. The molecule has 8 heteroatoms. The van der Waals surface area contributed by atoms with Crippen LogP contribution in [0.3, 0.4) is 0 Å². The van der Waals surface area contributed by atoms with Crippen LogP contribution in [0.1, 0.15) is 24.3 Å². The van der Waals surface area contributed by atoms with Crippen LogP contribution >= 0.6 is 11.3 Å². The van der Waals surface area contributed by atoms with Gasteiger partial charge in [0.1, 0.15) is 5.76 Å². The van der Waals surface area contributed by atoms with E-state index in [1.165, 1.54) is 0 Å². The van der Waals surface area contributed by atoms with Crippen molar-refractivity contribution in [1.29, 1.82) is 0 Å². The Morgan fingerprint density at radius 1 is 1.40 bits per heavy atom. The molecule has 0 bridgehead atoms. The Kier molecular flexibility index (Phi) is 5.19. The number of rotatable bonds is 6. The highest BCUT2D eigenvalue weighted by Gasteiger charge is 2.40. The second kappa shape index (κ2) is 7.37. The van der Waals surface area contributed by atoms with Crippen LogP contribution in [0.2, 0.25) is 0 Å². The smallest absolute Gasteiger partial charge is 0.311 e. The number of nitrogens with one attached hydrogen (secondary N) is 1. The topological polar surface area (TPSA) is 102 Å². The van der Waals surface area contributed by atoms with Gasteiger partial charge in [-0.25, -0.2) is 4.98 Å². The number of aliphatic carboxylic acids is 1. The van der Waals surface area contributed by atoms with E-state index < -0.39 is 11.4 Å². The summed E-state index contributed by atoms with van der Waals surface area (Å²) >= 11 is 1.54. The van der Waals surface area contributed by atoms with Crippen LogP contribution in [-0.2, 0) is 20.7 Å². The molecule has 25 heavy (non-hydrogen) atoms. The molecule has 134 valence electrons. The average Bonchev–Trinajstić information content (AvgIpc) is 3.24. The third kappa shape index (κ3) is 3.91. The zero-order valence-corrected chi connectivity index (χ0v) is 14.7. The molecule has 1 aliphatic rings. The first-order valence-electron chi connectivity index (χ1n) is 8.07. The lowest BCUT2D eigenvalue weighted by atomic mass is 9.80. The normalized spacial score (nSPS) is 16.5. The molecular formula is C17H20N2O5S. The summed E-state index contributed by atoms with van der Waals surface area (Å²) in [6.07, 6.45) is 0.855. The number of amides is 1. The Labute approximate surface area is 149 Å². The Morgan fingerprint density at radius 3 is 2.80 bits per heavy atom. The summed E-state index contributed by atoms with van der Waals surface area (Å²) in [5.41, 5.74) is 0.496. The van der Waals surface area contributed by atoms with E-state index in [0.29, 0.717) is 43.4 Å². The molecule has 0 spiro atoms. The van der Waals surface area contributed by atoms with E-state index in [4.69, 9.17) is 9.15 Å². The van der Waals surface area contributed by atoms with Crippen LogP contribution in [-0.4, -0.2) is 41.7 Å². The van der Waals surface area contributed by atoms with E-state index in [-0.39, 0.29) is 18.9 Å². The fraction of sp³-hybridized carbons (Fsp3) is 0.471. The zero-order chi connectivity index (χ0) is 17.9. The number of nitrogens with zero attached hydrogens (tertiary/aromatic N) is 1. The standard InChI is InChI=1S/C17H20N2O5S/c1-11-13(19-15(24-11)12-2-7-25-9-12)8-14(20)18-10-17(16(21)22)3-5-23-6-4-17/h2,7,9H,3-6,8,10H2,1H3,(H,18,20)(H,21,22). The first-order chi connectivity index (χ1) is 12.0. The molecule has 3 rings (SSSR count). The summed E-state index contributed by atoms with van der Waals surface area (Å²) in [6, 6.07) is 1.90. The lowest BCUT2D eigenvalue weighted by molar-refractivity contribution is -0.154. The molecule has 2 aromatic heterocycles. The molecule has 1 fully saturated rings. The number of carboxylic acid groups (broad SMARTS) is 1. The maximum atomic E-state index is 12.3. The monoisotopic (exact) mass is 364 g/mol. The SMILES string of the molecule is Cc1oc(-c2ccsc2)nc1CC(=O)NCC1(C(=O)O)CCOCC1. The lowest BCUT2D eigenvalue weighted by Gasteiger charge is -2.33. The van der Waals surface area contributed by atoms with Crippen molar-refractivity contribution < 1.29 is 23.8 Å².